The molecule has 1 aromatic carbocycles. The van der Waals surface area contributed by atoms with Crippen molar-refractivity contribution in [3.63, 3.8) is 0 Å². The Kier molecular flexibility index (Phi) is 7.74. The third kappa shape index (κ3) is 6.27. The standard InChI is InChI=1S/C20H28N4O2/c1-5-21-20(23-14-17-10-8-12-19(24-17)25-4)22-13-16(3)26-18-11-7-6-9-15(18)2/h6-12,16H,5,13-14H2,1-4H3,(H2,21,22,23). The second-order valence-corrected chi connectivity index (χ2v) is 5.94. The molecule has 0 aliphatic carbocycles. The first-order chi connectivity index (χ1) is 12.6. The molecule has 0 fully saturated rings. The molecule has 2 N–H and O–H groups in total. The topological polar surface area (TPSA) is 67.8 Å². The maximum absolute atomic E-state index is 5.99. The fourth-order valence-corrected chi connectivity index (χ4v) is 2.35. The molecule has 1 unspecified atom stereocenters. The van der Waals surface area contributed by atoms with Gasteiger partial charge < -0.3 is 20.1 Å². The van der Waals surface area contributed by atoms with Crippen molar-refractivity contribution < 1.29 is 9.47 Å². The summed E-state index contributed by atoms with van der Waals surface area (Å²) in [7, 11) is 1.61. The zero-order valence-corrected chi connectivity index (χ0v) is 16.0. The normalized spacial score (nSPS) is 12.4. The van der Waals surface area contributed by atoms with E-state index in [2.05, 4.69) is 20.6 Å². The molecule has 0 saturated heterocycles. The Labute approximate surface area is 155 Å². The highest BCUT2D eigenvalue weighted by Gasteiger charge is 2.07. The van der Waals surface area contributed by atoms with E-state index in [1.807, 2.05) is 63.2 Å². The number of aryl methyl sites for hydroxylation is 1. The Morgan fingerprint density at radius 1 is 1.15 bits per heavy atom. The van der Waals surface area contributed by atoms with Crippen LogP contribution in [0.25, 0.3) is 0 Å². The number of hydrogen-bond donors (Lipinski definition) is 2. The number of nitrogens with zero attached hydrogens (tertiary/aromatic N) is 2. The number of methoxy groups -OCH3 is 1. The first-order valence-corrected chi connectivity index (χ1v) is 8.86. The molecule has 1 aromatic heterocycles. The lowest BCUT2D eigenvalue weighted by atomic mass is 10.2. The molecule has 0 aliphatic rings. The Bertz CT molecular complexity index is 718. The number of rotatable bonds is 8. The van der Waals surface area contributed by atoms with E-state index in [0.717, 1.165) is 29.5 Å². The fourth-order valence-electron chi connectivity index (χ4n) is 2.35. The van der Waals surface area contributed by atoms with E-state index in [0.29, 0.717) is 19.0 Å². The van der Waals surface area contributed by atoms with Crippen molar-refractivity contribution in [1.82, 2.24) is 15.6 Å². The summed E-state index contributed by atoms with van der Waals surface area (Å²) >= 11 is 0. The molecule has 6 heteroatoms. The molecule has 0 aliphatic heterocycles. The predicted molar refractivity (Wildman–Crippen MR) is 105 cm³/mol. The lowest BCUT2D eigenvalue weighted by Gasteiger charge is -2.18. The van der Waals surface area contributed by atoms with Gasteiger partial charge in [-0.25, -0.2) is 9.98 Å². The molecule has 2 rings (SSSR count). The van der Waals surface area contributed by atoms with E-state index < -0.39 is 0 Å². The van der Waals surface area contributed by atoms with Crippen LogP contribution < -0.4 is 20.1 Å². The average molecular weight is 356 g/mol. The molecule has 0 bridgehead atoms. The summed E-state index contributed by atoms with van der Waals surface area (Å²) in [5.41, 5.74) is 1.98. The summed E-state index contributed by atoms with van der Waals surface area (Å²) in [6.07, 6.45) is 0.00917. The molecule has 2 aromatic rings. The number of aliphatic imine (C=N–C) groups is 1. The monoisotopic (exact) mass is 356 g/mol. The summed E-state index contributed by atoms with van der Waals surface area (Å²) in [6.45, 7) is 8.01. The third-order valence-corrected chi connectivity index (χ3v) is 3.71. The van der Waals surface area contributed by atoms with Crippen molar-refractivity contribution in [3.05, 3.63) is 53.7 Å². The molecular formula is C20H28N4O2. The number of hydrogen-bond acceptors (Lipinski definition) is 4. The molecule has 140 valence electrons. The Balaban J connectivity index is 1.91. The Morgan fingerprint density at radius 2 is 1.96 bits per heavy atom. The van der Waals surface area contributed by atoms with Crippen LogP contribution in [-0.2, 0) is 6.54 Å². The minimum absolute atomic E-state index is 0.00917. The second-order valence-electron chi connectivity index (χ2n) is 5.94. The molecule has 0 spiro atoms. The molecule has 26 heavy (non-hydrogen) atoms. The summed E-state index contributed by atoms with van der Waals surface area (Å²) in [5.74, 6) is 2.23. The maximum Gasteiger partial charge on any atom is 0.213 e. The van der Waals surface area contributed by atoms with Crippen molar-refractivity contribution >= 4 is 5.96 Å². The predicted octanol–water partition coefficient (Wildman–Crippen LogP) is 2.92. The maximum atomic E-state index is 5.99. The van der Waals surface area contributed by atoms with Crippen LogP contribution in [0.1, 0.15) is 25.1 Å². The SMILES string of the molecule is CCNC(=NCc1cccc(OC)n1)NCC(C)Oc1ccccc1C. The number of nitrogens with one attached hydrogen (secondary N) is 2. The van der Waals surface area contributed by atoms with Gasteiger partial charge in [-0.1, -0.05) is 24.3 Å². The minimum atomic E-state index is 0.00917. The van der Waals surface area contributed by atoms with Crippen LogP contribution in [0.4, 0.5) is 0 Å². The first kappa shape index (κ1) is 19.6. The Hall–Kier alpha value is -2.76. The molecule has 6 nitrogen and oxygen atoms in total. The average Bonchev–Trinajstić information content (AvgIpc) is 2.66. The van der Waals surface area contributed by atoms with Gasteiger partial charge in [0.15, 0.2) is 5.96 Å². The van der Waals surface area contributed by atoms with Gasteiger partial charge in [0.25, 0.3) is 0 Å². The van der Waals surface area contributed by atoms with Crippen molar-refractivity contribution in [2.75, 3.05) is 20.2 Å². The quantitative estimate of drug-likeness (QED) is 0.562. The second kappa shape index (κ2) is 10.3. The number of para-hydroxylation sites is 1. The minimum Gasteiger partial charge on any atom is -0.489 e. The van der Waals surface area contributed by atoms with Gasteiger partial charge in [0, 0.05) is 12.6 Å². The summed E-state index contributed by atoms with van der Waals surface area (Å²) in [5, 5.41) is 6.55. The number of benzene rings is 1. The number of pyridine rings is 1. The van der Waals surface area contributed by atoms with Crippen molar-refractivity contribution in [2.45, 2.75) is 33.4 Å². The highest BCUT2D eigenvalue weighted by atomic mass is 16.5. The van der Waals surface area contributed by atoms with Crippen LogP contribution >= 0.6 is 0 Å². The van der Waals surface area contributed by atoms with E-state index >= 15 is 0 Å². The summed E-state index contributed by atoms with van der Waals surface area (Å²) in [4.78, 5) is 8.95. The number of aromatic nitrogens is 1. The largest absolute Gasteiger partial charge is 0.489 e. The summed E-state index contributed by atoms with van der Waals surface area (Å²) in [6, 6.07) is 13.7. The Morgan fingerprint density at radius 3 is 2.69 bits per heavy atom. The molecule has 1 heterocycles. The highest BCUT2D eigenvalue weighted by molar-refractivity contribution is 5.79. The molecule has 0 saturated carbocycles. The number of ether oxygens (including phenoxy) is 2. The molecular weight excluding hydrogens is 328 g/mol. The van der Waals surface area contributed by atoms with Crippen molar-refractivity contribution in [1.29, 1.82) is 0 Å². The molecule has 0 radical (unpaired) electrons. The van der Waals surface area contributed by atoms with Crippen LogP contribution in [0.15, 0.2) is 47.5 Å². The summed E-state index contributed by atoms with van der Waals surface area (Å²) < 4.78 is 11.1. The van der Waals surface area contributed by atoms with Gasteiger partial charge in [-0.3, -0.25) is 0 Å². The highest BCUT2D eigenvalue weighted by Crippen LogP contribution is 2.17. The van der Waals surface area contributed by atoms with E-state index in [1.165, 1.54) is 0 Å². The first-order valence-electron chi connectivity index (χ1n) is 8.86. The van der Waals surface area contributed by atoms with Gasteiger partial charge in [-0.05, 0) is 38.5 Å². The van der Waals surface area contributed by atoms with Gasteiger partial charge in [-0.2, -0.15) is 0 Å². The molecule has 0 amide bonds. The lowest BCUT2D eigenvalue weighted by Crippen LogP contribution is -2.41. The lowest BCUT2D eigenvalue weighted by molar-refractivity contribution is 0.222. The van der Waals surface area contributed by atoms with E-state index in [4.69, 9.17) is 9.47 Å². The van der Waals surface area contributed by atoms with E-state index in [9.17, 15) is 0 Å². The van der Waals surface area contributed by atoms with Gasteiger partial charge in [0.2, 0.25) is 5.88 Å². The van der Waals surface area contributed by atoms with Crippen LogP contribution in [0.2, 0.25) is 0 Å². The van der Waals surface area contributed by atoms with Crippen LogP contribution in [0.5, 0.6) is 11.6 Å². The van der Waals surface area contributed by atoms with Crippen LogP contribution in [-0.4, -0.2) is 37.2 Å². The van der Waals surface area contributed by atoms with Gasteiger partial charge >= 0.3 is 0 Å². The van der Waals surface area contributed by atoms with Crippen molar-refractivity contribution in [3.8, 4) is 11.6 Å². The molecule has 1 atom stereocenters. The van der Waals surface area contributed by atoms with E-state index in [-0.39, 0.29) is 6.10 Å². The van der Waals surface area contributed by atoms with Gasteiger partial charge in [-0.15, -0.1) is 0 Å². The van der Waals surface area contributed by atoms with Crippen LogP contribution in [0.3, 0.4) is 0 Å². The number of guanidine groups is 1. The zero-order valence-electron chi connectivity index (χ0n) is 16.0. The van der Waals surface area contributed by atoms with Crippen molar-refractivity contribution in [2.24, 2.45) is 4.99 Å². The van der Waals surface area contributed by atoms with E-state index in [1.54, 1.807) is 7.11 Å². The third-order valence-electron chi connectivity index (χ3n) is 3.71. The van der Waals surface area contributed by atoms with Gasteiger partial charge in [0.1, 0.15) is 11.9 Å². The zero-order chi connectivity index (χ0) is 18.8. The fraction of sp³-hybridized carbons (Fsp3) is 0.400. The van der Waals surface area contributed by atoms with Crippen LogP contribution in [0, 0.1) is 6.92 Å². The van der Waals surface area contributed by atoms with Gasteiger partial charge in [0.05, 0.1) is 25.9 Å². The smallest absolute Gasteiger partial charge is 0.213 e.